The average molecular weight is 437 g/mol. The minimum atomic E-state index is -0.977. The highest BCUT2D eigenvalue weighted by atomic mass is 16.5. The number of hydrogen-bond acceptors (Lipinski definition) is 8. The fraction of sp³-hybridized carbons (Fsp3) is 0.318. The molecule has 2 aliphatic heterocycles. The summed E-state index contributed by atoms with van der Waals surface area (Å²) in [6.07, 6.45) is 0. The van der Waals surface area contributed by atoms with E-state index in [1.54, 1.807) is 36.4 Å². The zero-order valence-corrected chi connectivity index (χ0v) is 17.9. The SMILES string of the molecule is CCOc1ccc(N2C(=O)[C@H]3N=NN(CC(=O)Nc4cc(C)ccc4OC)[C@@H]3C2=O)cc1. The van der Waals surface area contributed by atoms with Crippen molar-refractivity contribution >= 4 is 29.1 Å². The summed E-state index contributed by atoms with van der Waals surface area (Å²) in [6, 6.07) is 10.1. The Morgan fingerprint density at radius 1 is 1.12 bits per heavy atom. The van der Waals surface area contributed by atoms with Gasteiger partial charge in [-0.3, -0.25) is 19.4 Å². The number of ether oxygens (including phenoxy) is 2. The third-order valence-corrected chi connectivity index (χ3v) is 5.20. The van der Waals surface area contributed by atoms with Crippen molar-refractivity contribution in [2.45, 2.75) is 25.9 Å². The lowest BCUT2D eigenvalue weighted by atomic mass is 10.1. The molecule has 2 aliphatic rings. The van der Waals surface area contributed by atoms with Crippen LogP contribution in [0.5, 0.6) is 11.5 Å². The Bertz CT molecular complexity index is 1080. The predicted molar refractivity (Wildman–Crippen MR) is 116 cm³/mol. The van der Waals surface area contributed by atoms with Gasteiger partial charge in [0.05, 0.1) is 25.1 Å². The van der Waals surface area contributed by atoms with Gasteiger partial charge in [0.15, 0.2) is 12.1 Å². The van der Waals surface area contributed by atoms with Gasteiger partial charge < -0.3 is 14.8 Å². The molecule has 2 heterocycles. The molecule has 0 aromatic heterocycles. The molecule has 10 nitrogen and oxygen atoms in total. The van der Waals surface area contributed by atoms with Crippen LogP contribution in [0.15, 0.2) is 52.8 Å². The number of benzene rings is 2. The van der Waals surface area contributed by atoms with Gasteiger partial charge in [-0.2, -0.15) is 5.11 Å². The molecule has 3 amide bonds. The van der Waals surface area contributed by atoms with Crippen LogP contribution in [-0.2, 0) is 14.4 Å². The van der Waals surface area contributed by atoms with Gasteiger partial charge in [-0.05, 0) is 55.8 Å². The summed E-state index contributed by atoms with van der Waals surface area (Å²) in [5, 5.41) is 11.9. The maximum Gasteiger partial charge on any atom is 0.263 e. The van der Waals surface area contributed by atoms with Crippen molar-refractivity contribution in [1.82, 2.24) is 5.01 Å². The second-order valence-corrected chi connectivity index (χ2v) is 7.38. The van der Waals surface area contributed by atoms with Crippen LogP contribution in [0.3, 0.4) is 0 Å². The molecule has 2 atom stereocenters. The normalized spacial score (nSPS) is 19.3. The van der Waals surface area contributed by atoms with E-state index in [2.05, 4.69) is 15.7 Å². The van der Waals surface area contributed by atoms with Gasteiger partial charge in [0.1, 0.15) is 18.0 Å². The minimum Gasteiger partial charge on any atom is -0.495 e. The summed E-state index contributed by atoms with van der Waals surface area (Å²) in [7, 11) is 1.51. The Hall–Kier alpha value is -3.95. The first-order valence-corrected chi connectivity index (χ1v) is 10.2. The van der Waals surface area contributed by atoms with Gasteiger partial charge >= 0.3 is 0 Å². The number of aryl methyl sites for hydroxylation is 1. The first-order chi connectivity index (χ1) is 15.4. The van der Waals surface area contributed by atoms with Crippen LogP contribution in [-0.4, -0.2) is 55.1 Å². The maximum absolute atomic E-state index is 13.1. The molecule has 10 heteroatoms. The predicted octanol–water partition coefficient (Wildman–Crippen LogP) is 2.33. The van der Waals surface area contributed by atoms with E-state index in [4.69, 9.17) is 9.47 Å². The summed E-state index contributed by atoms with van der Waals surface area (Å²) in [5.41, 5.74) is 1.88. The lowest BCUT2D eigenvalue weighted by Gasteiger charge is -2.20. The van der Waals surface area contributed by atoms with Crippen LogP contribution < -0.4 is 19.7 Å². The minimum absolute atomic E-state index is 0.238. The van der Waals surface area contributed by atoms with E-state index in [0.717, 1.165) is 10.5 Å². The van der Waals surface area contributed by atoms with E-state index in [1.807, 2.05) is 19.9 Å². The van der Waals surface area contributed by atoms with Gasteiger partial charge in [-0.1, -0.05) is 11.3 Å². The van der Waals surface area contributed by atoms with Gasteiger partial charge in [0.25, 0.3) is 11.8 Å². The van der Waals surface area contributed by atoms with Crippen molar-refractivity contribution in [3.63, 3.8) is 0 Å². The number of nitrogens with zero attached hydrogens (tertiary/aromatic N) is 4. The van der Waals surface area contributed by atoms with Crippen molar-refractivity contribution in [1.29, 1.82) is 0 Å². The molecular formula is C22H23N5O5. The maximum atomic E-state index is 13.1. The van der Waals surface area contributed by atoms with Gasteiger partial charge in [-0.15, -0.1) is 0 Å². The van der Waals surface area contributed by atoms with Crippen molar-refractivity contribution < 1.29 is 23.9 Å². The number of amides is 3. The molecule has 2 aromatic rings. The zero-order valence-electron chi connectivity index (χ0n) is 17.9. The van der Waals surface area contributed by atoms with Crippen LogP contribution in [0.2, 0.25) is 0 Å². The van der Waals surface area contributed by atoms with E-state index in [9.17, 15) is 14.4 Å². The number of carbonyl (C=O) groups is 3. The molecule has 4 rings (SSSR count). The van der Waals surface area contributed by atoms with Crippen molar-refractivity contribution in [2.75, 3.05) is 30.5 Å². The lowest BCUT2D eigenvalue weighted by Crippen LogP contribution is -2.43. The van der Waals surface area contributed by atoms with E-state index < -0.39 is 29.8 Å². The van der Waals surface area contributed by atoms with Crippen molar-refractivity contribution in [3.8, 4) is 11.5 Å². The number of carbonyl (C=O) groups excluding carboxylic acids is 3. The Balaban J connectivity index is 1.47. The summed E-state index contributed by atoms with van der Waals surface area (Å²) in [5.74, 6) is -0.210. The highest BCUT2D eigenvalue weighted by Crippen LogP contribution is 2.33. The Kier molecular flexibility index (Phi) is 5.76. The molecule has 0 spiro atoms. The molecule has 1 fully saturated rings. The van der Waals surface area contributed by atoms with E-state index in [0.29, 0.717) is 29.5 Å². The van der Waals surface area contributed by atoms with Crippen LogP contribution in [0.4, 0.5) is 11.4 Å². The molecular weight excluding hydrogens is 414 g/mol. The summed E-state index contributed by atoms with van der Waals surface area (Å²) in [4.78, 5) is 39.6. The largest absolute Gasteiger partial charge is 0.495 e. The Morgan fingerprint density at radius 3 is 2.56 bits per heavy atom. The lowest BCUT2D eigenvalue weighted by molar-refractivity contribution is -0.123. The van der Waals surface area contributed by atoms with Gasteiger partial charge in [-0.25, -0.2) is 4.90 Å². The van der Waals surface area contributed by atoms with Crippen LogP contribution in [0, 0.1) is 6.92 Å². The topological polar surface area (TPSA) is 113 Å². The quantitative estimate of drug-likeness (QED) is 0.666. The Labute approximate surface area is 184 Å². The summed E-state index contributed by atoms with van der Waals surface area (Å²) < 4.78 is 10.7. The number of anilines is 2. The van der Waals surface area contributed by atoms with E-state index >= 15 is 0 Å². The molecule has 1 N–H and O–H groups in total. The monoisotopic (exact) mass is 437 g/mol. The van der Waals surface area contributed by atoms with Gasteiger partial charge in [0, 0.05) is 0 Å². The third kappa shape index (κ3) is 3.86. The fourth-order valence-electron chi connectivity index (χ4n) is 3.72. The van der Waals surface area contributed by atoms with Crippen LogP contribution in [0.25, 0.3) is 0 Å². The Morgan fingerprint density at radius 2 is 1.88 bits per heavy atom. The number of nitrogens with one attached hydrogen (secondary N) is 1. The number of fused-ring (bicyclic) bond motifs is 1. The first-order valence-electron chi connectivity index (χ1n) is 10.2. The molecule has 166 valence electrons. The van der Waals surface area contributed by atoms with Crippen molar-refractivity contribution in [3.05, 3.63) is 48.0 Å². The summed E-state index contributed by atoms with van der Waals surface area (Å²) in [6.45, 7) is 4.04. The molecule has 0 aliphatic carbocycles. The summed E-state index contributed by atoms with van der Waals surface area (Å²) >= 11 is 0. The zero-order chi connectivity index (χ0) is 22.8. The van der Waals surface area contributed by atoms with Crippen LogP contribution in [0.1, 0.15) is 12.5 Å². The molecule has 0 bridgehead atoms. The molecule has 0 saturated carbocycles. The van der Waals surface area contributed by atoms with E-state index in [1.165, 1.54) is 12.1 Å². The average Bonchev–Trinajstić information content (AvgIpc) is 3.29. The fourth-order valence-corrected chi connectivity index (χ4v) is 3.72. The number of imide groups is 1. The number of hydrogen-bond donors (Lipinski definition) is 1. The highest BCUT2D eigenvalue weighted by Gasteiger charge is 2.55. The molecule has 0 unspecified atom stereocenters. The second-order valence-electron chi connectivity index (χ2n) is 7.38. The van der Waals surface area contributed by atoms with Gasteiger partial charge in [0.2, 0.25) is 5.91 Å². The third-order valence-electron chi connectivity index (χ3n) is 5.20. The number of rotatable bonds is 7. The smallest absolute Gasteiger partial charge is 0.263 e. The van der Waals surface area contributed by atoms with E-state index in [-0.39, 0.29) is 6.54 Å². The molecule has 2 aromatic carbocycles. The molecule has 32 heavy (non-hydrogen) atoms. The second kappa shape index (κ2) is 8.66. The van der Waals surface area contributed by atoms with Crippen LogP contribution >= 0.6 is 0 Å². The number of methoxy groups -OCH3 is 1. The molecule has 1 saturated heterocycles. The standard InChI is InChI=1S/C22H23N5O5/c1-4-32-15-8-6-14(7-9-15)27-21(29)19-20(22(27)30)26(25-24-19)12-18(28)23-16-11-13(2)5-10-17(16)31-3/h5-11,19-20H,4,12H2,1-3H3,(H,23,28)/t19-,20-/m0/s1. The highest BCUT2D eigenvalue weighted by molar-refractivity contribution is 6.25. The molecule has 0 radical (unpaired) electrons. The van der Waals surface area contributed by atoms with Crippen molar-refractivity contribution in [2.24, 2.45) is 10.3 Å². The first kappa shape index (κ1) is 21.3.